The van der Waals surface area contributed by atoms with E-state index >= 15 is 0 Å². The van der Waals surface area contributed by atoms with E-state index in [2.05, 4.69) is 6.92 Å². The lowest BCUT2D eigenvalue weighted by Crippen LogP contribution is -2.06. The summed E-state index contributed by atoms with van der Waals surface area (Å²) in [4.78, 5) is 23.5. The Hall–Kier alpha value is -2.10. The fourth-order valence-corrected chi connectivity index (χ4v) is 3.42. The molecule has 0 unspecified atom stereocenters. The topological polar surface area (TPSA) is 52.6 Å². The van der Waals surface area contributed by atoms with Crippen molar-refractivity contribution in [2.45, 2.75) is 96.8 Å². The highest BCUT2D eigenvalue weighted by Gasteiger charge is 2.04. The molecule has 0 N–H and O–H groups in total. The molecule has 0 saturated carbocycles. The highest BCUT2D eigenvalue weighted by Crippen LogP contribution is 2.13. The molecule has 0 aliphatic rings. The molecular formula is C27H42O4. The molecule has 0 fully saturated rings. The first-order chi connectivity index (χ1) is 15.2. The van der Waals surface area contributed by atoms with Gasteiger partial charge in [-0.15, -0.1) is 0 Å². The number of benzene rings is 1. The quantitative estimate of drug-likeness (QED) is 0.130. The van der Waals surface area contributed by atoms with Crippen molar-refractivity contribution >= 4 is 11.9 Å². The van der Waals surface area contributed by atoms with E-state index in [1.165, 1.54) is 70.6 Å². The van der Waals surface area contributed by atoms with Gasteiger partial charge >= 0.3 is 11.9 Å². The SMILES string of the molecule is CCCCCCCCCCCCCCCC(=O)OC/C=C/COC(=O)c1ccccc1. The second-order valence-corrected chi connectivity index (χ2v) is 8.11. The maximum atomic E-state index is 11.7. The van der Waals surface area contributed by atoms with Crippen molar-refractivity contribution in [3.05, 3.63) is 48.0 Å². The molecule has 0 amide bonds. The Morgan fingerprint density at radius 1 is 0.677 bits per heavy atom. The van der Waals surface area contributed by atoms with Crippen molar-refractivity contribution in [1.29, 1.82) is 0 Å². The first-order valence-electron chi connectivity index (χ1n) is 12.3. The molecule has 0 bridgehead atoms. The summed E-state index contributed by atoms with van der Waals surface area (Å²) in [6.07, 6.45) is 20.7. The van der Waals surface area contributed by atoms with Crippen LogP contribution in [0.4, 0.5) is 0 Å². The molecule has 1 aromatic carbocycles. The van der Waals surface area contributed by atoms with E-state index in [4.69, 9.17) is 9.47 Å². The average molecular weight is 431 g/mol. The molecule has 1 aromatic rings. The first kappa shape index (κ1) is 26.9. The Kier molecular flexibility index (Phi) is 17.2. The van der Waals surface area contributed by atoms with E-state index in [1.807, 2.05) is 6.07 Å². The van der Waals surface area contributed by atoms with Crippen LogP contribution in [0.5, 0.6) is 0 Å². The summed E-state index contributed by atoms with van der Waals surface area (Å²) in [5.74, 6) is -0.515. The number of hydrogen-bond acceptors (Lipinski definition) is 4. The smallest absolute Gasteiger partial charge is 0.338 e. The molecular weight excluding hydrogens is 388 g/mol. The molecule has 1 rings (SSSR count). The Morgan fingerprint density at radius 2 is 1.16 bits per heavy atom. The fraction of sp³-hybridized carbons (Fsp3) is 0.630. The summed E-state index contributed by atoms with van der Waals surface area (Å²) in [5.41, 5.74) is 0.528. The maximum absolute atomic E-state index is 11.7. The van der Waals surface area contributed by atoms with E-state index in [1.54, 1.807) is 36.4 Å². The van der Waals surface area contributed by atoms with E-state index < -0.39 is 0 Å². The van der Waals surface area contributed by atoms with Crippen LogP contribution in [0.25, 0.3) is 0 Å². The van der Waals surface area contributed by atoms with E-state index in [9.17, 15) is 9.59 Å². The van der Waals surface area contributed by atoms with Crippen LogP contribution in [0, 0.1) is 0 Å². The van der Waals surface area contributed by atoms with Crippen molar-refractivity contribution in [2.75, 3.05) is 13.2 Å². The van der Waals surface area contributed by atoms with Crippen LogP contribution in [0.2, 0.25) is 0 Å². The molecule has 0 heterocycles. The first-order valence-corrected chi connectivity index (χ1v) is 12.3. The predicted octanol–water partition coefficient (Wildman–Crippen LogP) is 7.42. The molecule has 0 saturated heterocycles. The molecule has 0 spiro atoms. The van der Waals surface area contributed by atoms with Crippen LogP contribution in [0.3, 0.4) is 0 Å². The van der Waals surface area contributed by atoms with Gasteiger partial charge in [0.1, 0.15) is 13.2 Å². The third-order valence-electron chi connectivity index (χ3n) is 5.31. The Labute approximate surface area is 189 Å². The molecule has 0 aliphatic carbocycles. The van der Waals surface area contributed by atoms with Gasteiger partial charge in [-0.3, -0.25) is 4.79 Å². The van der Waals surface area contributed by atoms with E-state index in [0.717, 1.165) is 12.8 Å². The molecule has 4 heteroatoms. The highest BCUT2D eigenvalue weighted by atomic mass is 16.5. The largest absolute Gasteiger partial charge is 0.461 e. The zero-order chi connectivity index (χ0) is 22.4. The lowest BCUT2D eigenvalue weighted by molar-refractivity contribution is -0.142. The molecule has 174 valence electrons. The standard InChI is InChI=1S/C27H42O4/c1-2-3-4-5-6-7-8-9-10-11-12-13-17-22-26(28)30-23-18-19-24-31-27(29)25-20-15-14-16-21-25/h14-16,18-21H,2-13,17,22-24H2,1H3/b19-18+. The lowest BCUT2D eigenvalue weighted by atomic mass is 10.0. The molecule has 0 radical (unpaired) electrons. The summed E-state index contributed by atoms with van der Waals surface area (Å²) >= 11 is 0. The molecule has 31 heavy (non-hydrogen) atoms. The number of hydrogen-bond donors (Lipinski definition) is 0. The van der Waals surface area contributed by atoms with Gasteiger partial charge in [0.25, 0.3) is 0 Å². The van der Waals surface area contributed by atoms with Gasteiger partial charge in [0, 0.05) is 6.42 Å². The van der Waals surface area contributed by atoms with Crippen LogP contribution >= 0.6 is 0 Å². The number of rotatable bonds is 19. The summed E-state index contributed by atoms with van der Waals surface area (Å²) in [6, 6.07) is 8.87. The highest BCUT2D eigenvalue weighted by molar-refractivity contribution is 5.89. The fourth-order valence-electron chi connectivity index (χ4n) is 3.42. The minimum absolute atomic E-state index is 0.158. The Bertz CT molecular complexity index is 595. The number of carbonyl (C=O) groups excluding carboxylic acids is 2. The second kappa shape index (κ2) is 19.8. The van der Waals surface area contributed by atoms with E-state index in [-0.39, 0.29) is 25.2 Å². The monoisotopic (exact) mass is 430 g/mol. The van der Waals surface area contributed by atoms with Gasteiger partial charge in [0.2, 0.25) is 0 Å². The van der Waals surface area contributed by atoms with Gasteiger partial charge in [0.05, 0.1) is 5.56 Å². The van der Waals surface area contributed by atoms with Gasteiger partial charge in [-0.1, -0.05) is 102 Å². The second-order valence-electron chi connectivity index (χ2n) is 8.11. The summed E-state index contributed by atoms with van der Waals surface area (Å²) in [6.45, 7) is 2.65. The van der Waals surface area contributed by atoms with Crippen molar-refractivity contribution in [1.82, 2.24) is 0 Å². The van der Waals surface area contributed by atoms with Crippen molar-refractivity contribution in [2.24, 2.45) is 0 Å². The summed E-state index contributed by atoms with van der Waals surface area (Å²) in [7, 11) is 0. The predicted molar refractivity (Wildman–Crippen MR) is 127 cm³/mol. The van der Waals surface area contributed by atoms with Gasteiger partial charge < -0.3 is 9.47 Å². The van der Waals surface area contributed by atoms with Gasteiger partial charge in [-0.05, 0) is 30.7 Å². The Balaban J connectivity index is 1.85. The summed E-state index contributed by atoms with van der Waals surface area (Å²) in [5, 5.41) is 0. The van der Waals surface area contributed by atoms with Crippen LogP contribution in [-0.2, 0) is 14.3 Å². The minimum atomic E-state index is -0.357. The molecule has 0 aliphatic heterocycles. The zero-order valence-corrected chi connectivity index (χ0v) is 19.5. The van der Waals surface area contributed by atoms with Gasteiger partial charge in [-0.25, -0.2) is 4.79 Å². The number of carbonyl (C=O) groups is 2. The van der Waals surface area contributed by atoms with Crippen LogP contribution < -0.4 is 0 Å². The number of unbranched alkanes of at least 4 members (excludes halogenated alkanes) is 12. The number of esters is 2. The molecule has 0 aromatic heterocycles. The maximum Gasteiger partial charge on any atom is 0.338 e. The number of ether oxygens (including phenoxy) is 2. The lowest BCUT2D eigenvalue weighted by Gasteiger charge is -2.04. The summed E-state index contributed by atoms with van der Waals surface area (Å²) < 4.78 is 10.3. The van der Waals surface area contributed by atoms with E-state index in [0.29, 0.717) is 12.0 Å². The molecule has 0 atom stereocenters. The Morgan fingerprint density at radius 3 is 1.71 bits per heavy atom. The van der Waals surface area contributed by atoms with Gasteiger partial charge in [0.15, 0.2) is 0 Å². The van der Waals surface area contributed by atoms with Gasteiger partial charge in [-0.2, -0.15) is 0 Å². The van der Waals surface area contributed by atoms with Crippen LogP contribution in [0.1, 0.15) is 107 Å². The van der Waals surface area contributed by atoms with Crippen molar-refractivity contribution < 1.29 is 19.1 Å². The normalized spacial score (nSPS) is 11.0. The zero-order valence-electron chi connectivity index (χ0n) is 19.5. The van der Waals surface area contributed by atoms with Crippen LogP contribution in [-0.4, -0.2) is 25.2 Å². The third kappa shape index (κ3) is 16.3. The van der Waals surface area contributed by atoms with Crippen molar-refractivity contribution in [3.63, 3.8) is 0 Å². The van der Waals surface area contributed by atoms with Crippen LogP contribution in [0.15, 0.2) is 42.5 Å². The molecule has 4 nitrogen and oxygen atoms in total. The third-order valence-corrected chi connectivity index (χ3v) is 5.31. The minimum Gasteiger partial charge on any atom is -0.461 e. The van der Waals surface area contributed by atoms with Crippen molar-refractivity contribution in [3.8, 4) is 0 Å². The average Bonchev–Trinajstić information content (AvgIpc) is 2.79.